The van der Waals surface area contributed by atoms with Crippen LogP contribution in [0, 0.1) is 17.1 Å². The summed E-state index contributed by atoms with van der Waals surface area (Å²) >= 11 is 0. The van der Waals surface area contributed by atoms with E-state index in [9.17, 15) is 9.18 Å². The Labute approximate surface area is 242 Å². The number of benzene rings is 2. The van der Waals surface area contributed by atoms with Crippen LogP contribution in [-0.4, -0.2) is 56.3 Å². The molecule has 1 atom stereocenters. The summed E-state index contributed by atoms with van der Waals surface area (Å²) in [5, 5.41) is 18.0. The van der Waals surface area contributed by atoms with Crippen molar-refractivity contribution < 1.29 is 23.9 Å². The minimum atomic E-state index is -0.558. The molecule has 2 aliphatic heterocycles. The molecule has 42 heavy (non-hydrogen) atoms. The lowest BCUT2D eigenvalue weighted by atomic mass is 9.93. The molecule has 2 N–H and O–H groups in total. The number of nitrogens with one attached hydrogen (secondary N) is 1. The third kappa shape index (κ3) is 5.97. The lowest BCUT2D eigenvalue weighted by Gasteiger charge is -2.32. The van der Waals surface area contributed by atoms with E-state index in [1.165, 1.54) is 6.07 Å². The molecular weight excluding hydrogens is 539 g/mol. The number of imidazole rings is 1. The van der Waals surface area contributed by atoms with Crippen LogP contribution >= 0.6 is 0 Å². The number of carbonyl (C=O) groups is 1. The Morgan fingerprint density at radius 1 is 1.14 bits per heavy atom. The van der Waals surface area contributed by atoms with Gasteiger partial charge < -0.3 is 14.0 Å². The Morgan fingerprint density at radius 3 is 2.69 bits per heavy atom. The average Bonchev–Trinajstić information content (AvgIpc) is 3.34. The number of likely N-dealkylation sites (tertiary alicyclic amines) is 1. The van der Waals surface area contributed by atoms with Gasteiger partial charge in [-0.15, -0.1) is 0 Å². The SMILES string of the molecule is N#Cc1ccc(COc2cccc(C3CCN(Cc4nc5ccc(C(=O)NO)cc5n4C[C@@H]4CCO4)CC3)n2)c(F)c1. The largest absolute Gasteiger partial charge is 0.473 e. The second kappa shape index (κ2) is 12.2. The molecule has 0 unspecified atom stereocenters. The number of amides is 1. The van der Waals surface area contributed by atoms with E-state index in [0.717, 1.165) is 61.5 Å². The molecule has 0 bridgehead atoms. The van der Waals surface area contributed by atoms with Crippen LogP contribution in [0.3, 0.4) is 0 Å². The topological polar surface area (TPSA) is 126 Å². The zero-order valence-electron chi connectivity index (χ0n) is 23.0. The van der Waals surface area contributed by atoms with E-state index in [-0.39, 0.29) is 24.2 Å². The van der Waals surface area contributed by atoms with Crippen molar-refractivity contribution in [3.8, 4) is 11.9 Å². The number of hydrogen-bond donors (Lipinski definition) is 2. The van der Waals surface area contributed by atoms with E-state index < -0.39 is 11.7 Å². The minimum absolute atomic E-state index is 0.0332. The molecule has 0 radical (unpaired) electrons. The molecule has 0 aliphatic carbocycles. The number of pyridine rings is 1. The van der Waals surface area contributed by atoms with Crippen LogP contribution in [-0.2, 0) is 24.4 Å². The van der Waals surface area contributed by atoms with E-state index in [4.69, 9.17) is 29.9 Å². The van der Waals surface area contributed by atoms with Gasteiger partial charge in [0.2, 0.25) is 5.88 Å². The molecule has 0 spiro atoms. The maximum Gasteiger partial charge on any atom is 0.274 e. The first-order chi connectivity index (χ1) is 20.5. The third-order valence-corrected chi connectivity index (χ3v) is 8.04. The first kappa shape index (κ1) is 27.8. The maximum atomic E-state index is 14.2. The van der Waals surface area contributed by atoms with Gasteiger partial charge in [-0.1, -0.05) is 12.1 Å². The second-order valence-corrected chi connectivity index (χ2v) is 10.7. The number of hydroxylamine groups is 1. The fourth-order valence-corrected chi connectivity index (χ4v) is 5.55. The summed E-state index contributed by atoms with van der Waals surface area (Å²) < 4.78 is 27.9. The summed E-state index contributed by atoms with van der Waals surface area (Å²) in [6.07, 6.45) is 2.96. The molecule has 4 aromatic rings. The fraction of sp³-hybridized carbons (Fsp3) is 0.355. The number of fused-ring (bicyclic) bond motifs is 1. The summed E-state index contributed by atoms with van der Waals surface area (Å²) in [6.45, 7) is 3.86. The molecule has 2 aromatic carbocycles. The highest BCUT2D eigenvalue weighted by Gasteiger charge is 2.26. The highest BCUT2D eigenvalue weighted by Crippen LogP contribution is 2.30. The standard InChI is InChI=1S/C31H31FN6O4/c32-25-14-20(16-33)4-5-23(25)19-42-30-3-1-2-26(35-30)21-8-11-37(12-9-21)18-29-34-27-7-6-22(31(39)36-40)15-28(27)38(29)17-24-10-13-41-24/h1-7,14-15,21,24,40H,8-13,17-19H2,(H,36,39)/t24-/m0/s1. The van der Waals surface area contributed by atoms with Crippen LogP contribution < -0.4 is 10.2 Å². The number of nitriles is 1. The van der Waals surface area contributed by atoms with Crippen molar-refractivity contribution in [2.75, 3.05) is 19.7 Å². The summed E-state index contributed by atoms with van der Waals surface area (Å²) in [6, 6.07) is 17.2. The number of piperidine rings is 1. The van der Waals surface area contributed by atoms with E-state index in [0.29, 0.717) is 30.1 Å². The van der Waals surface area contributed by atoms with Crippen LogP contribution in [0.2, 0.25) is 0 Å². The van der Waals surface area contributed by atoms with Gasteiger partial charge in [-0.05, 0) is 68.8 Å². The number of rotatable bonds is 9. The van der Waals surface area contributed by atoms with Gasteiger partial charge in [-0.3, -0.25) is 14.9 Å². The number of ether oxygens (including phenoxy) is 2. The monoisotopic (exact) mass is 570 g/mol. The molecule has 2 aliphatic rings. The van der Waals surface area contributed by atoms with Crippen molar-refractivity contribution in [1.29, 1.82) is 5.26 Å². The lowest BCUT2D eigenvalue weighted by Crippen LogP contribution is -2.35. The molecule has 2 fully saturated rings. The van der Waals surface area contributed by atoms with Gasteiger partial charge in [0, 0.05) is 35.4 Å². The van der Waals surface area contributed by atoms with Gasteiger partial charge in [-0.2, -0.15) is 5.26 Å². The molecule has 2 aromatic heterocycles. The molecular formula is C31H31FN6O4. The van der Waals surface area contributed by atoms with Gasteiger partial charge in [0.25, 0.3) is 5.91 Å². The Bertz CT molecular complexity index is 1640. The van der Waals surface area contributed by atoms with Gasteiger partial charge in [-0.25, -0.2) is 19.8 Å². The van der Waals surface area contributed by atoms with Crippen LogP contribution in [0.4, 0.5) is 4.39 Å². The molecule has 4 heterocycles. The molecule has 2 saturated heterocycles. The first-order valence-corrected chi connectivity index (χ1v) is 14.1. The summed E-state index contributed by atoms with van der Waals surface area (Å²) in [5.74, 6) is 0.613. The predicted molar refractivity (Wildman–Crippen MR) is 150 cm³/mol. The second-order valence-electron chi connectivity index (χ2n) is 10.7. The van der Waals surface area contributed by atoms with E-state index in [1.807, 2.05) is 24.3 Å². The predicted octanol–water partition coefficient (Wildman–Crippen LogP) is 4.31. The Morgan fingerprint density at radius 2 is 1.98 bits per heavy atom. The van der Waals surface area contributed by atoms with Crippen LogP contribution in [0.1, 0.15) is 58.2 Å². The average molecular weight is 571 g/mol. The molecule has 216 valence electrons. The van der Waals surface area contributed by atoms with Crippen molar-refractivity contribution in [3.05, 3.63) is 88.6 Å². The molecule has 0 saturated carbocycles. The first-order valence-electron chi connectivity index (χ1n) is 14.1. The van der Waals surface area contributed by atoms with Gasteiger partial charge in [0.1, 0.15) is 18.2 Å². The molecule has 11 heteroatoms. The van der Waals surface area contributed by atoms with Crippen molar-refractivity contribution in [2.24, 2.45) is 0 Å². The summed E-state index contributed by atoms with van der Waals surface area (Å²) in [4.78, 5) is 24.0. The Balaban J connectivity index is 1.10. The molecule has 1 amide bonds. The fourth-order valence-electron chi connectivity index (χ4n) is 5.55. The zero-order valence-corrected chi connectivity index (χ0v) is 23.0. The van der Waals surface area contributed by atoms with Gasteiger partial charge >= 0.3 is 0 Å². The highest BCUT2D eigenvalue weighted by atomic mass is 19.1. The number of aromatic nitrogens is 3. The maximum absolute atomic E-state index is 14.2. The van der Waals surface area contributed by atoms with Gasteiger partial charge in [0.15, 0.2) is 0 Å². The summed E-state index contributed by atoms with van der Waals surface area (Å²) in [7, 11) is 0. The number of hydrogen-bond acceptors (Lipinski definition) is 8. The normalized spacial score (nSPS) is 17.5. The minimum Gasteiger partial charge on any atom is -0.473 e. The van der Waals surface area contributed by atoms with Crippen molar-refractivity contribution in [2.45, 2.75) is 51.0 Å². The van der Waals surface area contributed by atoms with Crippen LogP contribution in [0.15, 0.2) is 54.6 Å². The number of carbonyl (C=O) groups excluding carboxylic acids is 1. The molecule has 6 rings (SSSR count). The van der Waals surface area contributed by atoms with Crippen molar-refractivity contribution >= 4 is 16.9 Å². The number of nitrogens with zero attached hydrogens (tertiary/aromatic N) is 5. The van der Waals surface area contributed by atoms with Crippen molar-refractivity contribution in [3.63, 3.8) is 0 Å². The van der Waals surface area contributed by atoms with E-state index in [2.05, 4.69) is 9.47 Å². The Kier molecular flexibility index (Phi) is 8.10. The number of halogens is 1. The Hall–Kier alpha value is -4.37. The van der Waals surface area contributed by atoms with Crippen molar-refractivity contribution in [1.82, 2.24) is 24.9 Å². The zero-order chi connectivity index (χ0) is 29.1. The summed E-state index contributed by atoms with van der Waals surface area (Å²) in [5.41, 5.74) is 5.32. The smallest absolute Gasteiger partial charge is 0.274 e. The van der Waals surface area contributed by atoms with Gasteiger partial charge in [0.05, 0.1) is 41.9 Å². The van der Waals surface area contributed by atoms with Crippen LogP contribution in [0.25, 0.3) is 11.0 Å². The highest BCUT2D eigenvalue weighted by molar-refractivity contribution is 5.96. The third-order valence-electron chi connectivity index (χ3n) is 8.04. The van der Waals surface area contributed by atoms with Crippen LogP contribution in [0.5, 0.6) is 5.88 Å². The molecule has 10 nitrogen and oxygen atoms in total. The lowest BCUT2D eigenvalue weighted by molar-refractivity contribution is -0.0592. The van der Waals surface area contributed by atoms with E-state index in [1.54, 1.807) is 35.8 Å². The quantitative estimate of drug-likeness (QED) is 0.225. The van der Waals surface area contributed by atoms with E-state index >= 15 is 0 Å².